The van der Waals surface area contributed by atoms with E-state index in [-0.39, 0.29) is 22.8 Å². The molecule has 1 saturated heterocycles. The number of allylic oxidation sites excluding steroid dienone is 1. The van der Waals surface area contributed by atoms with E-state index in [1.54, 1.807) is 12.1 Å². The zero-order valence-corrected chi connectivity index (χ0v) is 18.8. The van der Waals surface area contributed by atoms with E-state index in [0.717, 1.165) is 32.7 Å². The van der Waals surface area contributed by atoms with Gasteiger partial charge in [0.25, 0.3) is 0 Å². The highest BCUT2D eigenvalue weighted by molar-refractivity contribution is 6.07. The maximum Gasteiger partial charge on any atom is 0.387 e. The summed E-state index contributed by atoms with van der Waals surface area (Å²) in [5.74, 6) is -1.03. The molecular weight excluding hydrogens is 437 g/mol. The molecule has 1 heterocycles. The van der Waals surface area contributed by atoms with E-state index >= 15 is 0 Å². The van der Waals surface area contributed by atoms with E-state index in [4.69, 9.17) is 9.47 Å². The summed E-state index contributed by atoms with van der Waals surface area (Å²) in [6.45, 7) is 3.21. The molecule has 0 aromatic heterocycles. The van der Waals surface area contributed by atoms with Crippen LogP contribution in [0.15, 0.2) is 36.4 Å². The molecule has 178 valence electrons. The molecule has 0 amide bonds. The van der Waals surface area contributed by atoms with Gasteiger partial charge >= 0.3 is 6.61 Å². The van der Waals surface area contributed by atoms with Crippen molar-refractivity contribution >= 4 is 17.5 Å². The first-order valence-corrected chi connectivity index (χ1v) is 10.6. The molecule has 2 aromatic carbocycles. The number of methoxy groups -OCH3 is 2. The van der Waals surface area contributed by atoms with E-state index in [9.17, 15) is 18.0 Å². The Morgan fingerprint density at radius 1 is 1.06 bits per heavy atom. The van der Waals surface area contributed by atoms with Crippen LogP contribution in [-0.2, 0) is 0 Å². The highest BCUT2D eigenvalue weighted by Crippen LogP contribution is 2.39. The van der Waals surface area contributed by atoms with Crippen molar-refractivity contribution in [2.75, 3.05) is 51.8 Å². The molecule has 0 bridgehead atoms. The number of rotatable bonds is 9. The SMILES string of the molecule is CCN1CCN(c2ccc(C(=O)/C=C/c3cc(OC)c(OC(F)F)c(OC)c3)cc2F)CC1. The maximum atomic E-state index is 14.7. The molecule has 0 unspecified atom stereocenters. The van der Waals surface area contributed by atoms with Gasteiger partial charge in [0, 0.05) is 31.7 Å². The van der Waals surface area contributed by atoms with Crippen LogP contribution >= 0.6 is 0 Å². The third-order valence-electron chi connectivity index (χ3n) is 5.51. The molecule has 0 radical (unpaired) electrons. The van der Waals surface area contributed by atoms with Gasteiger partial charge in [-0.2, -0.15) is 8.78 Å². The number of ether oxygens (including phenoxy) is 3. The number of piperazine rings is 1. The number of hydrogen-bond acceptors (Lipinski definition) is 6. The standard InChI is InChI=1S/C24H27F3N2O4/c1-4-28-9-11-29(12-10-28)19-7-6-17(15-18(19)25)20(30)8-5-16-13-21(31-2)23(33-24(26)27)22(14-16)32-3/h5-8,13-15,24H,4,9-12H2,1-3H3/b8-5+. The molecule has 1 fully saturated rings. The van der Waals surface area contributed by atoms with Gasteiger partial charge < -0.3 is 24.0 Å². The molecule has 1 aliphatic rings. The van der Waals surface area contributed by atoms with Gasteiger partial charge in [-0.15, -0.1) is 0 Å². The zero-order valence-electron chi connectivity index (χ0n) is 18.8. The van der Waals surface area contributed by atoms with E-state index in [2.05, 4.69) is 16.6 Å². The van der Waals surface area contributed by atoms with Gasteiger partial charge in [0.05, 0.1) is 19.9 Å². The first kappa shape index (κ1) is 24.4. The van der Waals surface area contributed by atoms with Crippen LogP contribution in [0.2, 0.25) is 0 Å². The molecule has 6 nitrogen and oxygen atoms in total. The molecule has 9 heteroatoms. The highest BCUT2D eigenvalue weighted by atomic mass is 19.3. The first-order valence-electron chi connectivity index (χ1n) is 10.6. The van der Waals surface area contributed by atoms with E-state index in [1.807, 2.05) is 4.90 Å². The molecule has 33 heavy (non-hydrogen) atoms. The molecular formula is C24H27F3N2O4. The fraction of sp³-hybridized carbons (Fsp3) is 0.375. The summed E-state index contributed by atoms with van der Waals surface area (Å²) in [4.78, 5) is 16.9. The number of carbonyl (C=O) groups is 1. The Labute approximate surface area is 191 Å². The monoisotopic (exact) mass is 464 g/mol. The first-order chi connectivity index (χ1) is 15.9. The summed E-state index contributed by atoms with van der Waals surface area (Å²) in [7, 11) is 2.61. The van der Waals surface area contributed by atoms with Gasteiger partial charge in [0.15, 0.2) is 17.3 Å². The summed E-state index contributed by atoms with van der Waals surface area (Å²) >= 11 is 0. The van der Waals surface area contributed by atoms with Crippen molar-refractivity contribution in [2.24, 2.45) is 0 Å². The number of ketones is 1. The third kappa shape index (κ3) is 5.98. The second-order valence-corrected chi connectivity index (χ2v) is 7.42. The molecule has 3 rings (SSSR count). The summed E-state index contributed by atoms with van der Waals surface area (Å²) in [6, 6.07) is 7.32. The van der Waals surface area contributed by atoms with Crippen molar-refractivity contribution in [3.8, 4) is 17.2 Å². The van der Waals surface area contributed by atoms with Crippen molar-refractivity contribution in [3.05, 3.63) is 53.4 Å². The topological polar surface area (TPSA) is 51.2 Å². The van der Waals surface area contributed by atoms with Gasteiger partial charge in [-0.05, 0) is 48.5 Å². The molecule has 1 aliphatic heterocycles. The van der Waals surface area contributed by atoms with Crippen molar-refractivity contribution < 1.29 is 32.2 Å². The Balaban J connectivity index is 1.76. The predicted octanol–water partition coefficient (Wildman–Crippen LogP) is 4.48. The average molecular weight is 464 g/mol. The predicted molar refractivity (Wildman–Crippen MR) is 120 cm³/mol. The van der Waals surface area contributed by atoms with E-state index in [0.29, 0.717) is 11.3 Å². The summed E-state index contributed by atoms with van der Waals surface area (Å²) < 4.78 is 54.8. The number of likely N-dealkylation sites (N-methyl/N-ethyl adjacent to an activating group) is 1. The number of carbonyl (C=O) groups excluding carboxylic acids is 1. The second-order valence-electron chi connectivity index (χ2n) is 7.42. The van der Waals surface area contributed by atoms with Crippen LogP contribution in [0.1, 0.15) is 22.8 Å². The molecule has 0 saturated carbocycles. The van der Waals surface area contributed by atoms with Crippen LogP contribution in [0.5, 0.6) is 17.2 Å². The Morgan fingerprint density at radius 3 is 2.21 bits per heavy atom. The average Bonchev–Trinajstić information content (AvgIpc) is 2.82. The number of anilines is 1. The van der Waals surface area contributed by atoms with Crippen molar-refractivity contribution in [2.45, 2.75) is 13.5 Å². The van der Waals surface area contributed by atoms with Gasteiger partial charge in [-0.3, -0.25) is 4.79 Å². The zero-order chi connectivity index (χ0) is 24.0. The van der Waals surface area contributed by atoms with Crippen LogP contribution < -0.4 is 19.1 Å². The second kappa shape index (κ2) is 11.1. The normalized spacial score (nSPS) is 14.7. The Hall–Kier alpha value is -3.20. The van der Waals surface area contributed by atoms with Crippen LogP contribution in [0, 0.1) is 5.82 Å². The van der Waals surface area contributed by atoms with Gasteiger partial charge in [-0.25, -0.2) is 4.39 Å². The third-order valence-corrected chi connectivity index (χ3v) is 5.51. The number of halogens is 3. The Kier molecular flexibility index (Phi) is 8.21. The number of nitrogens with zero attached hydrogens (tertiary/aromatic N) is 2. The lowest BCUT2D eigenvalue weighted by atomic mass is 10.1. The van der Waals surface area contributed by atoms with Crippen molar-refractivity contribution in [3.63, 3.8) is 0 Å². The van der Waals surface area contributed by atoms with Crippen molar-refractivity contribution in [1.29, 1.82) is 0 Å². The fourth-order valence-corrected chi connectivity index (χ4v) is 3.69. The lowest BCUT2D eigenvalue weighted by Crippen LogP contribution is -2.46. The largest absolute Gasteiger partial charge is 0.493 e. The van der Waals surface area contributed by atoms with Gasteiger partial charge in [0.2, 0.25) is 5.75 Å². The van der Waals surface area contributed by atoms with E-state index < -0.39 is 18.2 Å². The highest BCUT2D eigenvalue weighted by Gasteiger charge is 2.20. The molecule has 2 aromatic rings. The molecule has 0 aliphatic carbocycles. The summed E-state index contributed by atoms with van der Waals surface area (Å²) in [6.07, 6.45) is 2.74. The fourth-order valence-electron chi connectivity index (χ4n) is 3.69. The minimum absolute atomic E-state index is 0.0281. The minimum atomic E-state index is -3.05. The summed E-state index contributed by atoms with van der Waals surface area (Å²) in [5.41, 5.74) is 1.15. The lowest BCUT2D eigenvalue weighted by molar-refractivity contribution is -0.0526. The number of hydrogen-bond donors (Lipinski definition) is 0. The summed E-state index contributed by atoms with van der Waals surface area (Å²) in [5, 5.41) is 0. The van der Waals surface area contributed by atoms with Crippen LogP contribution in [0.3, 0.4) is 0 Å². The molecule has 0 atom stereocenters. The van der Waals surface area contributed by atoms with Crippen LogP contribution in [-0.4, -0.2) is 64.2 Å². The quantitative estimate of drug-likeness (QED) is 0.403. The smallest absolute Gasteiger partial charge is 0.387 e. The van der Waals surface area contributed by atoms with Gasteiger partial charge in [0.1, 0.15) is 5.82 Å². The number of benzene rings is 2. The lowest BCUT2D eigenvalue weighted by Gasteiger charge is -2.35. The minimum Gasteiger partial charge on any atom is -0.493 e. The Morgan fingerprint density at radius 2 is 1.70 bits per heavy atom. The van der Waals surface area contributed by atoms with Gasteiger partial charge in [-0.1, -0.05) is 13.0 Å². The van der Waals surface area contributed by atoms with Crippen LogP contribution in [0.25, 0.3) is 6.08 Å². The molecule has 0 N–H and O–H groups in total. The number of alkyl halides is 2. The van der Waals surface area contributed by atoms with Crippen molar-refractivity contribution in [1.82, 2.24) is 4.90 Å². The maximum absolute atomic E-state index is 14.7. The Bertz CT molecular complexity index is 980. The molecule has 0 spiro atoms. The van der Waals surface area contributed by atoms with E-state index in [1.165, 1.54) is 44.6 Å². The van der Waals surface area contributed by atoms with Crippen LogP contribution in [0.4, 0.5) is 18.9 Å².